The zero-order chi connectivity index (χ0) is 12.0. The number of nitrogens with one attached hydrogen (secondary N) is 1. The molecule has 1 rings (SSSR count). The Balaban J connectivity index is 2.97. The van der Waals surface area contributed by atoms with Crippen LogP contribution in [0, 0.1) is 0 Å². The summed E-state index contributed by atoms with van der Waals surface area (Å²) in [6, 6.07) is 3.83. The lowest BCUT2D eigenvalue weighted by atomic mass is 10.2. The molecular weight excluding hydrogens is 226 g/mol. The van der Waals surface area contributed by atoms with Crippen LogP contribution in [-0.4, -0.2) is 20.8 Å². The van der Waals surface area contributed by atoms with Crippen molar-refractivity contribution in [1.82, 2.24) is 5.32 Å². The van der Waals surface area contributed by atoms with Crippen LogP contribution in [0.25, 0.3) is 0 Å². The van der Waals surface area contributed by atoms with E-state index in [0.717, 1.165) is 18.5 Å². The maximum atomic E-state index is 6.15. The van der Waals surface area contributed by atoms with Crippen molar-refractivity contribution >= 4 is 11.6 Å². The maximum absolute atomic E-state index is 6.15. The molecule has 0 radical (unpaired) electrons. The second-order valence-electron chi connectivity index (χ2n) is 3.49. The van der Waals surface area contributed by atoms with Gasteiger partial charge in [-0.2, -0.15) is 0 Å². The number of hydrogen-bond donors (Lipinski definition) is 1. The number of rotatable bonds is 6. The van der Waals surface area contributed by atoms with Gasteiger partial charge in [0.25, 0.3) is 0 Å². The van der Waals surface area contributed by atoms with E-state index in [-0.39, 0.29) is 0 Å². The molecule has 0 atom stereocenters. The lowest BCUT2D eigenvalue weighted by molar-refractivity contribution is 0.294. The first kappa shape index (κ1) is 13.1. The molecule has 3 nitrogen and oxygen atoms in total. The summed E-state index contributed by atoms with van der Waals surface area (Å²) in [5.41, 5.74) is 1.08. The van der Waals surface area contributed by atoms with Gasteiger partial charge in [-0.15, -0.1) is 0 Å². The fourth-order valence-corrected chi connectivity index (χ4v) is 1.71. The Labute approximate surface area is 102 Å². The highest BCUT2D eigenvalue weighted by Crippen LogP contribution is 2.36. The fourth-order valence-electron chi connectivity index (χ4n) is 1.42. The Morgan fingerprint density at radius 2 is 2.12 bits per heavy atom. The topological polar surface area (TPSA) is 30.5 Å². The molecule has 0 unspecified atom stereocenters. The molecule has 90 valence electrons. The first-order valence-corrected chi connectivity index (χ1v) is 5.74. The molecule has 0 aliphatic carbocycles. The summed E-state index contributed by atoms with van der Waals surface area (Å²) in [4.78, 5) is 0. The quantitative estimate of drug-likeness (QED) is 0.834. The third-order valence-electron chi connectivity index (χ3n) is 2.12. The van der Waals surface area contributed by atoms with Gasteiger partial charge in [-0.25, -0.2) is 0 Å². The Morgan fingerprint density at radius 3 is 2.69 bits per heavy atom. The number of methoxy groups -OCH3 is 1. The third-order valence-corrected chi connectivity index (χ3v) is 2.40. The van der Waals surface area contributed by atoms with E-state index in [1.807, 2.05) is 19.2 Å². The predicted octanol–water partition coefficient (Wildman–Crippen LogP) is 2.86. The highest BCUT2D eigenvalue weighted by molar-refractivity contribution is 6.32. The number of ether oxygens (including phenoxy) is 2. The van der Waals surface area contributed by atoms with Crippen molar-refractivity contribution < 1.29 is 9.47 Å². The standard InChI is InChI=1S/C12H18ClNO2/c1-4-5-16-12-10(13)6-9(8-14-2)7-11(12)15-3/h6-7,14H,4-5,8H2,1-3H3. The van der Waals surface area contributed by atoms with Crippen molar-refractivity contribution in [2.75, 3.05) is 20.8 Å². The van der Waals surface area contributed by atoms with Gasteiger partial charge >= 0.3 is 0 Å². The minimum absolute atomic E-state index is 0.595. The molecule has 0 aromatic heterocycles. The van der Waals surface area contributed by atoms with E-state index in [4.69, 9.17) is 21.1 Å². The molecule has 0 amide bonds. The second kappa shape index (κ2) is 6.61. The first-order chi connectivity index (χ1) is 7.72. The maximum Gasteiger partial charge on any atom is 0.179 e. The van der Waals surface area contributed by atoms with Gasteiger partial charge in [0.15, 0.2) is 11.5 Å². The van der Waals surface area contributed by atoms with Crippen molar-refractivity contribution in [2.24, 2.45) is 0 Å². The van der Waals surface area contributed by atoms with Crippen molar-refractivity contribution in [3.05, 3.63) is 22.7 Å². The van der Waals surface area contributed by atoms with Crippen LogP contribution in [-0.2, 0) is 6.54 Å². The van der Waals surface area contributed by atoms with Crippen molar-refractivity contribution in [3.8, 4) is 11.5 Å². The molecule has 0 saturated heterocycles. The summed E-state index contributed by atoms with van der Waals surface area (Å²) < 4.78 is 10.8. The van der Waals surface area contributed by atoms with Gasteiger partial charge in [-0.1, -0.05) is 18.5 Å². The minimum Gasteiger partial charge on any atom is -0.493 e. The Bertz CT molecular complexity index is 342. The molecule has 0 aliphatic rings. The van der Waals surface area contributed by atoms with Gasteiger partial charge in [-0.3, -0.25) is 0 Å². The van der Waals surface area contributed by atoms with Gasteiger partial charge in [0.05, 0.1) is 18.7 Å². The molecule has 0 bridgehead atoms. The Kier molecular flexibility index (Phi) is 5.43. The largest absolute Gasteiger partial charge is 0.493 e. The van der Waals surface area contributed by atoms with Gasteiger partial charge in [0.2, 0.25) is 0 Å². The molecule has 1 aromatic rings. The van der Waals surface area contributed by atoms with E-state index < -0.39 is 0 Å². The molecule has 1 aromatic carbocycles. The van der Waals surface area contributed by atoms with Crippen LogP contribution < -0.4 is 14.8 Å². The van der Waals surface area contributed by atoms with E-state index >= 15 is 0 Å². The molecule has 0 fully saturated rings. The normalized spacial score (nSPS) is 10.2. The van der Waals surface area contributed by atoms with Crippen molar-refractivity contribution in [2.45, 2.75) is 19.9 Å². The van der Waals surface area contributed by atoms with Crippen molar-refractivity contribution in [3.63, 3.8) is 0 Å². The van der Waals surface area contributed by atoms with Crippen molar-refractivity contribution in [1.29, 1.82) is 0 Å². The predicted molar refractivity (Wildman–Crippen MR) is 66.6 cm³/mol. The van der Waals surface area contributed by atoms with Gasteiger partial charge < -0.3 is 14.8 Å². The molecule has 4 heteroatoms. The van der Waals surface area contributed by atoms with E-state index in [0.29, 0.717) is 23.1 Å². The van der Waals surface area contributed by atoms with E-state index in [1.54, 1.807) is 7.11 Å². The number of benzene rings is 1. The number of hydrogen-bond acceptors (Lipinski definition) is 3. The van der Waals surface area contributed by atoms with Crippen LogP contribution in [0.1, 0.15) is 18.9 Å². The highest BCUT2D eigenvalue weighted by atomic mass is 35.5. The Morgan fingerprint density at radius 1 is 1.38 bits per heavy atom. The van der Waals surface area contributed by atoms with Crippen LogP contribution in [0.15, 0.2) is 12.1 Å². The molecular formula is C12H18ClNO2. The van der Waals surface area contributed by atoms with E-state index in [9.17, 15) is 0 Å². The summed E-state index contributed by atoms with van der Waals surface area (Å²) >= 11 is 6.15. The van der Waals surface area contributed by atoms with Crippen LogP contribution in [0.3, 0.4) is 0 Å². The molecule has 0 spiro atoms. The summed E-state index contributed by atoms with van der Waals surface area (Å²) in [5, 5.41) is 3.67. The second-order valence-corrected chi connectivity index (χ2v) is 3.90. The third kappa shape index (κ3) is 3.29. The van der Waals surface area contributed by atoms with Gasteiger partial charge in [0.1, 0.15) is 0 Å². The average molecular weight is 244 g/mol. The first-order valence-electron chi connectivity index (χ1n) is 5.36. The number of halogens is 1. The summed E-state index contributed by atoms with van der Waals surface area (Å²) in [6.07, 6.45) is 0.942. The van der Waals surface area contributed by atoms with E-state index in [2.05, 4.69) is 12.2 Å². The highest BCUT2D eigenvalue weighted by Gasteiger charge is 2.11. The Hall–Kier alpha value is -0.930. The SMILES string of the molecule is CCCOc1c(Cl)cc(CNC)cc1OC. The van der Waals surface area contributed by atoms with Gasteiger partial charge in [-0.05, 0) is 31.2 Å². The zero-order valence-corrected chi connectivity index (χ0v) is 10.7. The zero-order valence-electron chi connectivity index (χ0n) is 9.97. The van der Waals surface area contributed by atoms with Gasteiger partial charge in [0, 0.05) is 6.54 Å². The molecule has 0 aliphatic heterocycles. The lowest BCUT2D eigenvalue weighted by Crippen LogP contribution is -2.06. The molecule has 1 N–H and O–H groups in total. The van der Waals surface area contributed by atoms with Crippen LogP contribution in [0.4, 0.5) is 0 Å². The molecule has 16 heavy (non-hydrogen) atoms. The monoisotopic (exact) mass is 243 g/mol. The fraction of sp³-hybridized carbons (Fsp3) is 0.500. The summed E-state index contributed by atoms with van der Waals surface area (Å²) in [5.74, 6) is 1.32. The smallest absolute Gasteiger partial charge is 0.179 e. The average Bonchev–Trinajstić information content (AvgIpc) is 2.27. The molecule has 0 heterocycles. The van der Waals surface area contributed by atoms with Crippen LogP contribution in [0.2, 0.25) is 5.02 Å². The lowest BCUT2D eigenvalue weighted by Gasteiger charge is -2.13. The van der Waals surface area contributed by atoms with Crippen LogP contribution in [0.5, 0.6) is 11.5 Å². The molecule has 0 saturated carbocycles. The minimum atomic E-state index is 0.595. The summed E-state index contributed by atoms with van der Waals surface area (Å²) in [7, 11) is 3.51. The van der Waals surface area contributed by atoms with E-state index in [1.165, 1.54) is 0 Å². The van der Waals surface area contributed by atoms with Crippen LogP contribution >= 0.6 is 11.6 Å². The summed E-state index contributed by atoms with van der Waals surface area (Å²) in [6.45, 7) is 3.45.